The third-order valence-corrected chi connectivity index (χ3v) is 9.27. The Balaban J connectivity index is 1.54. The molecule has 3 heterocycles. The van der Waals surface area contributed by atoms with Crippen LogP contribution in [0.25, 0.3) is 0 Å². The minimum atomic E-state index is -3.76. The van der Waals surface area contributed by atoms with Crippen LogP contribution in [0.2, 0.25) is 0 Å². The quantitative estimate of drug-likeness (QED) is 0.308. The van der Waals surface area contributed by atoms with Gasteiger partial charge in [0.1, 0.15) is 4.60 Å². The largest absolute Gasteiger partial charge is 0.376 e. The van der Waals surface area contributed by atoms with E-state index >= 15 is 0 Å². The smallest absolute Gasteiger partial charge is 0.264 e. The van der Waals surface area contributed by atoms with Crippen molar-refractivity contribution < 1.29 is 8.42 Å². The van der Waals surface area contributed by atoms with E-state index in [0.717, 1.165) is 38.4 Å². The van der Waals surface area contributed by atoms with E-state index in [9.17, 15) is 8.42 Å². The number of aromatic nitrogens is 1. The Hall–Kier alpha value is -3.16. The van der Waals surface area contributed by atoms with Crippen LogP contribution in [0.15, 0.2) is 100 Å². The number of nitrogens with one attached hydrogen (secondary N) is 1. The highest BCUT2D eigenvalue weighted by Gasteiger charge is 2.46. The SMILES string of the molecule is Cc1ccc(S(=O)(=O)N2C[C@H]3[C@H](c4ccccc4)c4nc(Br)ccc4N[C@@H]3c3ccccc32)cc1. The minimum absolute atomic E-state index is 0.0450. The Morgan fingerprint density at radius 1 is 0.914 bits per heavy atom. The highest BCUT2D eigenvalue weighted by molar-refractivity contribution is 9.10. The first kappa shape index (κ1) is 22.3. The van der Waals surface area contributed by atoms with E-state index in [4.69, 9.17) is 4.98 Å². The molecule has 3 atom stereocenters. The molecule has 1 aromatic heterocycles. The van der Waals surface area contributed by atoms with Gasteiger partial charge in [-0.2, -0.15) is 0 Å². The lowest BCUT2D eigenvalue weighted by atomic mass is 9.72. The summed E-state index contributed by atoms with van der Waals surface area (Å²) in [5, 5.41) is 3.70. The summed E-state index contributed by atoms with van der Waals surface area (Å²) in [6, 6.07) is 29.1. The zero-order valence-corrected chi connectivity index (χ0v) is 21.5. The molecule has 0 amide bonds. The average molecular weight is 546 g/mol. The van der Waals surface area contributed by atoms with Gasteiger partial charge >= 0.3 is 0 Å². The molecule has 5 nitrogen and oxygen atoms in total. The van der Waals surface area contributed by atoms with E-state index in [1.807, 2.05) is 67.6 Å². The van der Waals surface area contributed by atoms with Crippen LogP contribution >= 0.6 is 15.9 Å². The van der Waals surface area contributed by atoms with Gasteiger partial charge in [-0.1, -0.05) is 66.2 Å². The second-order valence-electron chi connectivity index (χ2n) is 9.15. The predicted molar refractivity (Wildman–Crippen MR) is 142 cm³/mol. The zero-order chi connectivity index (χ0) is 24.2. The summed E-state index contributed by atoms with van der Waals surface area (Å²) in [5.74, 6) is -0.124. The number of para-hydroxylation sites is 1. The number of rotatable bonds is 3. The summed E-state index contributed by atoms with van der Waals surface area (Å²) in [4.78, 5) is 5.16. The number of anilines is 2. The molecule has 7 heteroatoms. The maximum absolute atomic E-state index is 14.0. The lowest BCUT2D eigenvalue weighted by Crippen LogP contribution is -2.47. The second-order valence-corrected chi connectivity index (χ2v) is 11.8. The number of hydrogen-bond acceptors (Lipinski definition) is 4. The van der Waals surface area contributed by atoms with E-state index < -0.39 is 10.0 Å². The molecule has 0 saturated carbocycles. The summed E-state index contributed by atoms with van der Waals surface area (Å²) in [7, 11) is -3.76. The molecule has 0 bridgehead atoms. The third kappa shape index (κ3) is 3.74. The highest BCUT2D eigenvalue weighted by Crippen LogP contribution is 2.52. The number of halogens is 1. The maximum atomic E-state index is 14.0. The molecule has 176 valence electrons. The fourth-order valence-electron chi connectivity index (χ4n) is 5.40. The Morgan fingerprint density at radius 2 is 1.63 bits per heavy atom. The fraction of sp³-hybridized carbons (Fsp3) is 0.179. The van der Waals surface area contributed by atoms with Crippen molar-refractivity contribution in [2.75, 3.05) is 16.2 Å². The van der Waals surface area contributed by atoms with Crippen molar-refractivity contribution in [3.63, 3.8) is 0 Å². The second kappa shape index (κ2) is 8.50. The number of sulfonamides is 1. The molecule has 0 saturated heterocycles. The molecular formula is C28H24BrN3O2S. The van der Waals surface area contributed by atoms with Crippen molar-refractivity contribution in [1.82, 2.24) is 4.98 Å². The number of hydrogen-bond donors (Lipinski definition) is 1. The van der Waals surface area contributed by atoms with Gasteiger partial charge in [-0.15, -0.1) is 0 Å². The summed E-state index contributed by atoms with van der Waals surface area (Å²) in [6.45, 7) is 2.30. The van der Waals surface area contributed by atoms with Gasteiger partial charge < -0.3 is 5.32 Å². The van der Waals surface area contributed by atoms with E-state index in [2.05, 4.69) is 39.4 Å². The van der Waals surface area contributed by atoms with Crippen molar-refractivity contribution in [3.05, 3.63) is 118 Å². The summed E-state index contributed by atoms with van der Waals surface area (Å²) in [5.41, 5.74) is 5.77. The molecule has 0 unspecified atom stereocenters. The number of benzene rings is 3. The summed E-state index contributed by atoms with van der Waals surface area (Å²) >= 11 is 3.54. The molecule has 0 fully saturated rings. The van der Waals surface area contributed by atoms with Crippen LogP contribution < -0.4 is 9.62 Å². The lowest BCUT2D eigenvalue weighted by molar-refractivity contribution is 0.382. The molecule has 6 rings (SSSR count). The first-order chi connectivity index (χ1) is 16.9. The van der Waals surface area contributed by atoms with Gasteiger partial charge in [-0.05, 0) is 64.3 Å². The predicted octanol–water partition coefficient (Wildman–Crippen LogP) is 6.28. The van der Waals surface area contributed by atoms with Crippen molar-refractivity contribution >= 4 is 37.3 Å². The molecule has 0 spiro atoms. The maximum Gasteiger partial charge on any atom is 0.264 e. The Morgan fingerprint density at radius 3 is 2.40 bits per heavy atom. The van der Waals surface area contributed by atoms with Crippen molar-refractivity contribution in [1.29, 1.82) is 0 Å². The molecule has 35 heavy (non-hydrogen) atoms. The number of pyridine rings is 1. The van der Waals surface area contributed by atoms with Crippen LogP contribution in [-0.2, 0) is 10.0 Å². The average Bonchev–Trinajstić information content (AvgIpc) is 2.87. The van der Waals surface area contributed by atoms with E-state index in [0.29, 0.717) is 11.4 Å². The molecule has 2 aliphatic rings. The van der Waals surface area contributed by atoms with Gasteiger partial charge in [-0.3, -0.25) is 4.31 Å². The van der Waals surface area contributed by atoms with E-state index in [1.165, 1.54) is 0 Å². The third-order valence-electron chi connectivity index (χ3n) is 7.04. The summed E-state index contributed by atoms with van der Waals surface area (Å²) in [6.07, 6.45) is 0. The lowest BCUT2D eigenvalue weighted by Gasteiger charge is -2.47. The van der Waals surface area contributed by atoms with Crippen molar-refractivity contribution in [2.45, 2.75) is 23.8 Å². The Labute approximate surface area is 214 Å². The topological polar surface area (TPSA) is 62.3 Å². The standard InChI is InChI=1S/C28H24BrN3O2S/c1-18-11-13-20(14-12-18)35(33,34)32-17-22-26(19-7-3-2-4-8-19)28-23(15-16-25(29)31-28)30-27(22)21-9-5-6-10-24(21)32/h2-16,22,26-27,30H,17H2,1H3/t22-,26-,27+/m0/s1. The van der Waals surface area contributed by atoms with E-state index in [-0.39, 0.29) is 17.9 Å². The highest BCUT2D eigenvalue weighted by atomic mass is 79.9. The molecule has 4 aromatic rings. The number of nitrogens with zero attached hydrogens (tertiary/aromatic N) is 2. The van der Waals surface area contributed by atoms with Crippen molar-refractivity contribution in [2.24, 2.45) is 5.92 Å². The molecule has 0 aliphatic carbocycles. The van der Waals surface area contributed by atoms with Gasteiger partial charge in [0.05, 0.1) is 28.0 Å². The Kier molecular flexibility index (Phi) is 5.42. The van der Waals surface area contributed by atoms with Crippen LogP contribution in [-0.4, -0.2) is 19.9 Å². The van der Waals surface area contributed by atoms with Crippen molar-refractivity contribution in [3.8, 4) is 0 Å². The van der Waals surface area contributed by atoms with Crippen LogP contribution in [0.4, 0.5) is 11.4 Å². The Bertz CT molecular complexity index is 1510. The van der Waals surface area contributed by atoms with Gasteiger partial charge in [0.25, 0.3) is 10.0 Å². The van der Waals surface area contributed by atoms with E-state index in [1.54, 1.807) is 16.4 Å². The first-order valence-electron chi connectivity index (χ1n) is 11.6. The van der Waals surface area contributed by atoms with Gasteiger partial charge in [0.15, 0.2) is 0 Å². The molecule has 1 N–H and O–H groups in total. The summed E-state index contributed by atoms with van der Waals surface area (Å²) < 4.78 is 30.3. The van der Waals surface area contributed by atoms with Crippen LogP contribution in [0.5, 0.6) is 0 Å². The van der Waals surface area contributed by atoms with Crippen LogP contribution in [0, 0.1) is 12.8 Å². The van der Waals surface area contributed by atoms with Gasteiger partial charge in [0, 0.05) is 18.4 Å². The number of aryl methyl sites for hydroxylation is 1. The minimum Gasteiger partial charge on any atom is -0.376 e. The van der Waals surface area contributed by atoms with Crippen LogP contribution in [0.3, 0.4) is 0 Å². The molecular weight excluding hydrogens is 522 g/mol. The van der Waals surface area contributed by atoms with Crippen LogP contribution in [0.1, 0.15) is 34.3 Å². The van der Waals surface area contributed by atoms with Gasteiger partial charge in [0.2, 0.25) is 0 Å². The normalized spacial score (nSPS) is 20.9. The molecule has 3 aromatic carbocycles. The fourth-order valence-corrected chi connectivity index (χ4v) is 7.25. The molecule has 2 aliphatic heterocycles. The van der Waals surface area contributed by atoms with Gasteiger partial charge in [-0.25, -0.2) is 13.4 Å². The monoisotopic (exact) mass is 545 g/mol. The first-order valence-corrected chi connectivity index (χ1v) is 13.8. The zero-order valence-electron chi connectivity index (χ0n) is 19.1. The molecule has 0 radical (unpaired) electrons. The number of fused-ring (bicyclic) bond motifs is 4.